The molecule has 0 aromatic carbocycles. The van der Waals surface area contributed by atoms with Crippen molar-refractivity contribution in [3.05, 3.63) is 122 Å². The predicted molar refractivity (Wildman–Crippen MR) is 279 cm³/mol. The molecule has 1 unspecified atom stereocenters. The molecule has 0 aliphatic heterocycles. The van der Waals surface area contributed by atoms with E-state index in [0.717, 1.165) is 77.0 Å². The second-order valence-electron chi connectivity index (χ2n) is 16.7. The zero-order chi connectivity index (χ0) is 47.2. The molecule has 0 amide bonds. The number of carbonyl (C=O) groups is 3. The quantitative estimate of drug-likeness (QED) is 0.0262. The smallest absolute Gasteiger partial charge is 0.310 e. The highest BCUT2D eigenvalue weighted by Crippen LogP contribution is 2.15. The number of esters is 3. The highest BCUT2D eigenvalue weighted by molar-refractivity contribution is 5.72. The highest BCUT2D eigenvalue weighted by atomic mass is 16.6. The van der Waals surface area contributed by atoms with Crippen molar-refractivity contribution in [2.45, 2.75) is 219 Å². The summed E-state index contributed by atoms with van der Waals surface area (Å²) in [6.07, 6.45) is 72.4. The van der Waals surface area contributed by atoms with Gasteiger partial charge in [-0.15, -0.1) is 0 Å². The first-order chi connectivity index (χ1) is 32.0. The Hall–Kier alpha value is -4.19. The third kappa shape index (κ3) is 50.7. The lowest BCUT2D eigenvalue weighted by Crippen LogP contribution is -2.30. The first kappa shape index (κ1) is 60.8. The van der Waals surface area contributed by atoms with E-state index in [1.165, 1.54) is 89.9 Å². The van der Waals surface area contributed by atoms with Crippen LogP contribution in [-0.2, 0) is 28.6 Å². The fourth-order valence-corrected chi connectivity index (χ4v) is 6.71. The fraction of sp³-hybridized carbons (Fsp3) is 0.610. The lowest BCUT2D eigenvalue weighted by atomic mass is 10.0. The van der Waals surface area contributed by atoms with Gasteiger partial charge in [0, 0.05) is 6.42 Å². The Balaban J connectivity index is 4.60. The lowest BCUT2D eigenvalue weighted by molar-refractivity contribution is -0.166. The van der Waals surface area contributed by atoms with E-state index in [1.54, 1.807) is 12.2 Å². The standard InChI is InChI=1S/C59H94O6/c1-4-7-10-13-16-19-22-25-28-29-32-34-37-40-43-46-49-52-58(61)64-55-56(65-59(62)53-50-47-44-41-38-35-31-27-24-21-18-15-12-9-6-3)54-63-57(60)51-48-45-42-39-36-33-30-26-23-20-17-14-11-8-5-2/h8-9,11-12,17-18,20-21,26-27,30-31,36,38-39,41,45,47-48,50,56H,4-7,10,13-16,19,22-25,28-29,32-35,37,40,42-44,46,49,51-55H2,1-3H3/b11-8-,12-9-,20-17-,21-18-,30-26-,31-27-,39-36-,41-38-,48-45-,50-47-. The van der Waals surface area contributed by atoms with E-state index in [4.69, 9.17) is 14.2 Å². The predicted octanol–water partition coefficient (Wildman–Crippen LogP) is 17.3. The first-order valence-electron chi connectivity index (χ1n) is 26.0. The molecule has 0 saturated heterocycles. The Morgan fingerprint density at radius 3 is 0.938 bits per heavy atom. The monoisotopic (exact) mass is 899 g/mol. The number of ether oxygens (including phenoxy) is 3. The third-order valence-corrected chi connectivity index (χ3v) is 10.5. The molecule has 0 spiro atoms. The van der Waals surface area contributed by atoms with Gasteiger partial charge in [-0.2, -0.15) is 0 Å². The van der Waals surface area contributed by atoms with Gasteiger partial charge < -0.3 is 14.2 Å². The molecular formula is C59H94O6. The van der Waals surface area contributed by atoms with Gasteiger partial charge >= 0.3 is 17.9 Å². The summed E-state index contributed by atoms with van der Waals surface area (Å²) in [7, 11) is 0. The van der Waals surface area contributed by atoms with Crippen molar-refractivity contribution in [3.8, 4) is 0 Å². The first-order valence-corrected chi connectivity index (χ1v) is 26.0. The summed E-state index contributed by atoms with van der Waals surface area (Å²) < 4.78 is 16.6. The number of hydrogen-bond donors (Lipinski definition) is 0. The number of hydrogen-bond acceptors (Lipinski definition) is 6. The zero-order valence-corrected chi connectivity index (χ0v) is 41.7. The highest BCUT2D eigenvalue weighted by Gasteiger charge is 2.19. The molecule has 0 N–H and O–H groups in total. The van der Waals surface area contributed by atoms with Crippen LogP contribution in [0.4, 0.5) is 0 Å². The summed E-state index contributed by atoms with van der Waals surface area (Å²) in [5.74, 6) is -1.22. The van der Waals surface area contributed by atoms with Gasteiger partial charge in [0.15, 0.2) is 6.10 Å². The molecule has 0 aliphatic rings. The lowest BCUT2D eigenvalue weighted by Gasteiger charge is -2.17. The summed E-state index contributed by atoms with van der Waals surface area (Å²) >= 11 is 0. The van der Waals surface area contributed by atoms with Gasteiger partial charge in [-0.1, -0.05) is 245 Å². The summed E-state index contributed by atoms with van der Waals surface area (Å²) in [5.41, 5.74) is 0. The van der Waals surface area contributed by atoms with Gasteiger partial charge in [-0.3, -0.25) is 14.4 Å². The van der Waals surface area contributed by atoms with Gasteiger partial charge in [-0.05, 0) is 70.6 Å². The Labute approximate surface area is 399 Å². The maximum Gasteiger partial charge on any atom is 0.310 e. The van der Waals surface area contributed by atoms with Crippen LogP contribution < -0.4 is 0 Å². The molecule has 0 aromatic heterocycles. The van der Waals surface area contributed by atoms with Crippen LogP contribution in [0.3, 0.4) is 0 Å². The van der Waals surface area contributed by atoms with E-state index in [-0.39, 0.29) is 32.0 Å². The molecule has 65 heavy (non-hydrogen) atoms. The fourth-order valence-electron chi connectivity index (χ4n) is 6.71. The minimum Gasteiger partial charge on any atom is -0.462 e. The molecule has 1 atom stereocenters. The third-order valence-electron chi connectivity index (χ3n) is 10.5. The van der Waals surface area contributed by atoms with Crippen molar-refractivity contribution in [2.75, 3.05) is 13.2 Å². The van der Waals surface area contributed by atoms with Crippen LogP contribution in [0.1, 0.15) is 213 Å². The van der Waals surface area contributed by atoms with E-state index in [2.05, 4.69) is 118 Å². The number of allylic oxidation sites excluding steroid dienone is 18. The molecule has 0 bridgehead atoms. The Morgan fingerprint density at radius 1 is 0.323 bits per heavy atom. The second-order valence-corrected chi connectivity index (χ2v) is 16.7. The van der Waals surface area contributed by atoms with E-state index in [0.29, 0.717) is 12.8 Å². The molecule has 6 nitrogen and oxygen atoms in total. The van der Waals surface area contributed by atoms with Gasteiger partial charge in [-0.25, -0.2) is 0 Å². The van der Waals surface area contributed by atoms with Crippen molar-refractivity contribution in [2.24, 2.45) is 0 Å². The molecule has 6 heteroatoms. The van der Waals surface area contributed by atoms with Crippen LogP contribution in [0.15, 0.2) is 122 Å². The molecule has 0 radical (unpaired) electrons. The van der Waals surface area contributed by atoms with E-state index >= 15 is 0 Å². The molecular weight excluding hydrogens is 805 g/mol. The topological polar surface area (TPSA) is 78.9 Å². The Kier molecular flexibility index (Phi) is 49.1. The van der Waals surface area contributed by atoms with Crippen LogP contribution in [0, 0.1) is 0 Å². The maximum atomic E-state index is 12.7. The van der Waals surface area contributed by atoms with Gasteiger partial charge in [0.25, 0.3) is 0 Å². The zero-order valence-electron chi connectivity index (χ0n) is 41.7. The SMILES string of the molecule is CC/C=C\C/C=C\C/C=C\C/C=C\C/C=C\CC(=O)OCC(COC(=O)CCCCCCCCCCCCCCCCCCC)OC(=O)C/C=C\C/C=C\C/C=C\C/C=C\C/C=C\CC. The molecule has 0 aliphatic carbocycles. The summed E-state index contributed by atoms with van der Waals surface area (Å²) in [5, 5.41) is 0. The number of rotatable bonds is 45. The maximum absolute atomic E-state index is 12.7. The van der Waals surface area contributed by atoms with Gasteiger partial charge in [0.1, 0.15) is 13.2 Å². The van der Waals surface area contributed by atoms with Gasteiger partial charge in [0.2, 0.25) is 0 Å². The average molecular weight is 899 g/mol. The summed E-state index contributed by atoms with van der Waals surface area (Å²) in [6.45, 7) is 6.23. The molecule has 0 aromatic rings. The number of carbonyl (C=O) groups excluding carboxylic acids is 3. The van der Waals surface area contributed by atoms with E-state index in [9.17, 15) is 14.4 Å². The summed E-state index contributed by atoms with van der Waals surface area (Å²) in [4.78, 5) is 37.9. The van der Waals surface area contributed by atoms with Crippen molar-refractivity contribution >= 4 is 17.9 Å². The van der Waals surface area contributed by atoms with E-state index < -0.39 is 18.0 Å². The van der Waals surface area contributed by atoms with Crippen LogP contribution in [-0.4, -0.2) is 37.2 Å². The number of unbranched alkanes of at least 4 members (excludes halogenated alkanes) is 16. The average Bonchev–Trinajstić information content (AvgIpc) is 3.30. The summed E-state index contributed by atoms with van der Waals surface area (Å²) in [6, 6.07) is 0. The molecule has 0 fully saturated rings. The van der Waals surface area contributed by atoms with Gasteiger partial charge in [0.05, 0.1) is 12.8 Å². The minimum absolute atomic E-state index is 0.0746. The molecule has 0 saturated carbocycles. The molecule has 366 valence electrons. The van der Waals surface area contributed by atoms with Crippen molar-refractivity contribution < 1.29 is 28.6 Å². The molecule has 0 heterocycles. The minimum atomic E-state index is -0.873. The van der Waals surface area contributed by atoms with Crippen LogP contribution >= 0.6 is 0 Å². The van der Waals surface area contributed by atoms with Crippen molar-refractivity contribution in [1.82, 2.24) is 0 Å². The van der Waals surface area contributed by atoms with Crippen LogP contribution in [0.5, 0.6) is 0 Å². The normalized spacial score (nSPS) is 13.1. The van der Waals surface area contributed by atoms with E-state index in [1.807, 2.05) is 12.2 Å². The van der Waals surface area contributed by atoms with Crippen LogP contribution in [0.2, 0.25) is 0 Å². The van der Waals surface area contributed by atoms with Crippen LogP contribution in [0.25, 0.3) is 0 Å². The van der Waals surface area contributed by atoms with Crippen molar-refractivity contribution in [1.29, 1.82) is 0 Å². The largest absolute Gasteiger partial charge is 0.462 e. The van der Waals surface area contributed by atoms with Crippen molar-refractivity contribution in [3.63, 3.8) is 0 Å². The Bertz CT molecular complexity index is 1400. The second kappa shape index (κ2) is 52.4. The molecule has 0 rings (SSSR count). The Morgan fingerprint density at radius 2 is 0.600 bits per heavy atom.